The molecule has 0 unspecified atom stereocenters. The van der Waals surface area contributed by atoms with E-state index in [1.54, 1.807) is 0 Å². The molecule has 1 saturated heterocycles. The van der Waals surface area contributed by atoms with Gasteiger partial charge in [0.15, 0.2) is 0 Å². The third-order valence-corrected chi connectivity index (χ3v) is 4.87. The molecule has 1 aromatic rings. The molecule has 4 nitrogen and oxygen atoms in total. The summed E-state index contributed by atoms with van der Waals surface area (Å²) >= 11 is 0. The summed E-state index contributed by atoms with van der Waals surface area (Å²) in [5, 5.41) is 6.59. The van der Waals surface area contributed by atoms with E-state index >= 15 is 0 Å². The fourth-order valence-corrected chi connectivity index (χ4v) is 3.46. The van der Waals surface area contributed by atoms with Gasteiger partial charge in [-0.1, -0.05) is 30.7 Å². The van der Waals surface area contributed by atoms with Crippen molar-refractivity contribution in [1.82, 2.24) is 15.5 Å². The van der Waals surface area contributed by atoms with E-state index in [4.69, 9.17) is 0 Å². The van der Waals surface area contributed by atoms with Crippen LogP contribution in [0.2, 0.25) is 0 Å². The Balaban J connectivity index is 1.93. The average Bonchev–Trinajstić information content (AvgIpc) is 2.54. The Morgan fingerprint density at radius 1 is 1.35 bits per heavy atom. The topological polar surface area (TPSA) is 44.4 Å². The highest BCUT2D eigenvalue weighted by molar-refractivity contribution is 5.78. The van der Waals surface area contributed by atoms with Gasteiger partial charge in [-0.2, -0.15) is 0 Å². The van der Waals surface area contributed by atoms with E-state index in [0.29, 0.717) is 12.6 Å². The number of amides is 1. The molecule has 0 saturated carbocycles. The van der Waals surface area contributed by atoms with Crippen LogP contribution >= 0.6 is 0 Å². The van der Waals surface area contributed by atoms with E-state index in [9.17, 15) is 4.79 Å². The fraction of sp³-hybridized carbons (Fsp3) is 0.632. The van der Waals surface area contributed by atoms with E-state index in [-0.39, 0.29) is 11.9 Å². The van der Waals surface area contributed by atoms with Gasteiger partial charge in [-0.15, -0.1) is 0 Å². The first-order valence-electron chi connectivity index (χ1n) is 8.78. The quantitative estimate of drug-likeness (QED) is 0.847. The molecule has 0 spiro atoms. The molecule has 128 valence electrons. The van der Waals surface area contributed by atoms with E-state index in [0.717, 1.165) is 32.4 Å². The molecule has 4 heteroatoms. The maximum Gasteiger partial charge on any atom is 0.234 e. The summed E-state index contributed by atoms with van der Waals surface area (Å²) in [7, 11) is 2.06. The molecule has 1 aliphatic rings. The number of carbonyl (C=O) groups is 1. The van der Waals surface area contributed by atoms with Crippen molar-refractivity contribution in [3.63, 3.8) is 0 Å². The van der Waals surface area contributed by atoms with Gasteiger partial charge < -0.3 is 10.6 Å². The Kier molecular flexibility index (Phi) is 6.60. The van der Waals surface area contributed by atoms with Crippen LogP contribution in [0.4, 0.5) is 0 Å². The summed E-state index contributed by atoms with van der Waals surface area (Å²) in [5.74, 6) is 0.123. The van der Waals surface area contributed by atoms with Gasteiger partial charge in [0.05, 0.1) is 12.6 Å². The lowest BCUT2D eigenvalue weighted by molar-refractivity contribution is -0.123. The summed E-state index contributed by atoms with van der Waals surface area (Å²) in [5.41, 5.74) is 3.75. The number of piperidine rings is 1. The van der Waals surface area contributed by atoms with Crippen LogP contribution in [-0.2, 0) is 4.79 Å². The molecule has 0 radical (unpaired) electrons. The molecule has 0 aromatic heterocycles. The molecule has 0 bridgehead atoms. The maximum atomic E-state index is 12.4. The van der Waals surface area contributed by atoms with Gasteiger partial charge in [0, 0.05) is 6.04 Å². The monoisotopic (exact) mass is 317 g/mol. The SMILES string of the molecule is CC[C@@H](NC(=O)CN(C)C1CCNCC1)c1ccc(C)cc1C. The minimum absolute atomic E-state index is 0.101. The van der Waals surface area contributed by atoms with Gasteiger partial charge >= 0.3 is 0 Å². The molecule has 1 heterocycles. The molecule has 1 aromatic carbocycles. The van der Waals surface area contributed by atoms with E-state index in [2.05, 4.69) is 61.6 Å². The second-order valence-electron chi connectivity index (χ2n) is 6.78. The smallest absolute Gasteiger partial charge is 0.234 e. The summed E-state index contributed by atoms with van der Waals surface area (Å²) in [6.07, 6.45) is 3.16. The second kappa shape index (κ2) is 8.46. The highest BCUT2D eigenvalue weighted by Gasteiger charge is 2.21. The zero-order chi connectivity index (χ0) is 16.8. The van der Waals surface area contributed by atoms with Crippen molar-refractivity contribution in [2.45, 2.75) is 52.1 Å². The van der Waals surface area contributed by atoms with Crippen molar-refractivity contribution in [2.75, 3.05) is 26.7 Å². The predicted octanol–water partition coefficient (Wildman–Crippen LogP) is 2.55. The van der Waals surface area contributed by atoms with Crippen molar-refractivity contribution >= 4 is 5.91 Å². The van der Waals surface area contributed by atoms with Crippen molar-refractivity contribution in [3.05, 3.63) is 34.9 Å². The minimum Gasteiger partial charge on any atom is -0.348 e. The first-order chi connectivity index (χ1) is 11.0. The number of hydrogen-bond donors (Lipinski definition) is 2. The van der Waals surface area contributed by atoms with Crippen molar-refractivity contribution < 1.29 is 4.79 Å². The van der Waals surface area contributed by atoms with Crippen LogP contribution in [0.1, 0.15) is 48.9 Å². The fourth-order valence-electron chi connectivity index (χ4n) is 3.46. The number of likely N-dealkylation sites (N-methyl/N-ethyl adjacent to an activating group) is 1. The second-order valence-corrected chi connectivity index (χ2v) is 6.78. The van der Waals surface area contributed by atoms with Crippen LogP contribution in [0, 0.1) is 13.8 Å². The molecule has 2 N–H and O–H groups in total. The third-order valence-electron chi connectivity index (χ3n) is 4.87. The first-order valence-corrected chi connectivity index (χ1v) is 8.78. The summed E-state index contributed by atoms with van der Waals surface area (Å²) in [6, 6.07) is 7.08. The Labute approximate surface area is 140 Å². The lowest BCUT2D eigenvalue weighted by Gasteiger charge is -2.31. The molecular weight excluding hydrogens is 286 g/mol. The van der Waals surface area contributed by atoms with Crippen molar-refractivity contribution in [3.8, 4) is 0 Å². The molecule has 23 heavy (non-hydrogen) atoms. The Morgan fingerprint density at radius 2 is 2.04 bits per heavy atom. The third kappa shape index (κ3) is 5.05. The van der Waals surface area contributed by atoms with Crippen LogP contribution in [0.3, 0.4) is 0 Å². The number of benzene rings is 1. The van der Waals surface area contributed by atoms with Crippen molar-refractivity contribution in [1.29, 1.82) is 0 Å². The van der Waals surface area contributed by atoms with Crippen LogP contribution in [0.15, 0.2) is 18.2 Å². The number of hydrogen-bond acceptors (Lipinski definition) is 3. The van der Waals surface area contributed by atoms with Crippen molar-refractivity contribution in [2.24, 2.45) is 0 Å². The number of aryl methyl sites for hydroxylation is 2. The van der Waals surface area contributed by atoms with E-state index in [1.807, 2.05) is 0 Å². The largest absolute Gasteiger partial charge is 0.348 e. The number of rotatable bonds is 6. The number of nitrogens with one attached hydrogen (secondary N) is 2. The van der Waals surface area contributed by atoms with E-state index in [1.165, 1.54) is 16.7 Å². The molecule has 1 aliphatic heterocycles. The highest BCUT2D eigenvalue weighted by Crippen LogP contribution is 2.21. The number of carbonyl (C=O) groups excluding carboxylic acids is 1. The van der Waals surface area contributed by atoms with Crippen LogP contribution in [0.25, 0.3) is 0 Å². The number of nitrogens with zero attached hydrogens (tertiary/aromatic N) is 1. The Hall–Kier alpha value is -1.39. The predicted molar refractivity (Wildman–Crippen MR) is 95.6 cm³/mol. The van der Waals surface area contributed by atoms with Gasteiger partial charge in [-0.25, -0.2) is 0 Å². The van der Waals surface area contributed by atoms with Crippen LogP contribution in [-0.4, -0.2) is 43.5 Å². The average molecular weight is 317 g/mol. The summed E-state index contributed by atoms with van der Waals surface area (Å²) < 4.78 is 0. The van der Waals surface area contributed by atoms with E-state index < -0.39 is 0 Å². The lowest BCUT2D eigenvalue weighted by Crippen LogP contribution is -2.45. The van der Waals surface area contributed by atoms with Crippen LogP contribution in [0.5, 0.6) is 0 Å². The van der Waals surface area contributed by atoms with Gasteiger partial charge in [0.25, 0.3) is 0 Å². The van der Waals surface area contributed by atoms with Gasteiger partial charge in [-0.05, 0) is 64.4 Å². The normalized spacial score (nSPS) is 17.3. The minimum atomic E-state index is 0.101. The molecule has 2 rings (SSSR count). The van der Waals surface area contributed by atoms with Gasteiger partial charge in [0.2, 0.25) is 5.91 Å². The zero-order valence-electron chi connectivity index (χ0n) is 15.0. The molecular formula is C19H31N3O. The van der Waals surface area contributed by atoms with Gasteiger partial charge in [-0.3, -0.25) is 9.69 Å². The standard InChI is InChI=1S/C19H31N3O/c1-5-18(17-7-6-14(2)12-15(17)3)21-19(23)13-22(4)16-8-10-20-11-9-16/h6-7,12,16,18,20H,5,8-11,13H2,1-4H3,(H,21,23)/t18-/m1/s1. The molecule has 0 aliphatic carbocycles. The lowest BCUT2D eigenvalue weighted by atomic mass is 9.97. The van der Waals surface area contributed by atoms with Crippen LogP contribution < -0.4 is 10.6 Å². The maximum absolute atomic E-state index is 12.4. The first kappa shape index (κ1) is 18.0. The summed E-state index contributed by atoms with van der Waals surface area (Å²) in [4.78, 5) is 14.6. The summed E-state index contributed by atoms with van der Waals surface area (Å²) in [6.45, 7) is 8.93. The zero-order valence-corrected chi connectivity index (χ0v) is 15.0. The van der Waals surface area contributed by atoms with Gasteiger partial charge in [0.1, 0.15) is 0 Å². The highest BCUT2D eigenvalue weighted by atomic mass is 16.2. The Morgan fingerprint density at radius 3 is 2.65 bits per heavy atom. The Bertz CT molecular complexity index is 523. The molecule has 1 atom stereocenters. The molecule has 1 amide bonds. The molecule has 1 fully saturated rings.